The maximum atomic E-state index is 3.61. The number of hydrogen-bond acceptors (Lipinski definition) is 1. The highest BCUT2D eigenvalue weighted by molar-refractivity contribution is 8.63. The molecule has 5 heteroatoms. The van der Waals surface area contributed by atoms with Crippen LogP contribution in [0.2, 0.25) is 0 Å². The molecule has 1 aromatic rings. The van der Waals surface area contributed by atoms with Crippen LogP contribution >= 0.6 is 33.1 Å². The van der Waals surface area contributed by atoms with Crippen LogP contribution in [0.3, 0.4) is 0 Å². The summed E-state index contributed by atoms with van der Waals surface area (Å²) in [6.45, 7) is 3.44. The molecule has 94 valence electrons. The van der Waals surface area contributed by atoms with Crippen molar-refractivity contribution in [3.05, 3.63) is 23.8 Å². The van der Waals surface area contributed by atoms with Gasteiger partial charge in [0.15, 0.2) is 0 Å². The minimum Gasteiger partial charge on any atom is -0.385 e. The van der Waals surface area contributed by atoms with Crippen molar-refractivity contribution < 1.29 is 0 Å². The minimum absolute atomic E-state index is 0.0490. The Labute approximate surface area is 112 Å². The van der Waals surface area contributed by atoms with Crippen molar-refractivity contribution in [2.75, 3.05) is 11.9 Å². The van der Waals surface area contributed by atoms with Gasteiger partial charge in [-0.2, -0.15) is 0 Å². The number of hydrogen-bond donors (Lipinski definition) is 1. The first-order chi connectivity index (χ1) is 8.26. The second-order valence-corrected chi connectivity index (χ2v) is 13.7. The predicted molar refractivity (Wildman–Crippen MR) is 91.3 cm³/mol. The monoisotopic (exact) mass is 303 g/mol. The van der Waals surface area contributed by atoms with Crippen LogP contribution in [-0.2, 0) is 6.42 Å². The Morgan fingerprint density at radius 1 is 1.53 bits per heavy atom. The van der Waals surface area contributed by atoms with E-state index in [1.807, 2.05) is 0 Å². The van der Waals surface area contributed by atoms with Gasteiger partial charge in [0, 0.05) is 12.2 Å². The maximum Gasteiger partial charge on any atom is 0.0379 e. The summed E-state index contributed by atoms with van der Waals surface area (Å²) in [4.78, 5) is 0. The van der Waals surface area contributed by atoms with E-state index >= 15 is 0 Å². The van der Waals surface area contributed by atoms with Crippen molar-refractivity contribution in [1.29, 1.82) is 0 Å². The van der Waals surface area contributed by atoms with Gasteiger partial charge < -0.3 is 5.32 Å². The lowest BCUT2D eigenvalue weighted by Gasteiger charge is -2.29. The minimum atomic E-state index is -0.0490. The van der Waals surface area contributed by atoms with E-state index in [0.29, 0.717) is 0 Å². The Morgan fingerprint density at radius 3 is 3.06 bits per heavy atom. The Hall–Kier alpha value is 0.740. The standard InChI is InChI=1S/C12H21NP4/c1-2-4-9-7-10-11(13-8-9)5-3-6-12(10)17(15)16-14/h3,5-6,9,13,16H,2,4,7-8,14-15H2,1H3. The Bertz CT molecular complexity index is 383. The molecule has 1 heterocycles. The second-order valence-electron chi connectivity index (χ2n) is 4.54. The van der Waals surface area contributed by atoms with E-state index in [2.05, 4.69) is 48.3 Å². The molecular formula is C12H21NP4. The van der Waals surface area contributed by atoms with Gasteiger partial charge in [-0.15, -0.1) is 17.9 Å². The highest BCUT2D eigenvalue weighted by atomic mass is 32.6. The molecule has 0 radical (unpaired) electrons. The molecule has 0 saturated carbocycles. The first-order valence-corrected chi connectivity index (χ1v) is 12.7. The number of rotatable bonds is 4. The summed E-state index contributed by atoms with van der Waals surface area (Å²) in [7, 11) is 6.84. The van der Waals surface area contributed by atoms with E-state index in [4.69, 9.17) is 0 Å². The zero-order valence-electron chi connectivity index (χ0n) is 10.2. The van der Waals surface area contributed by atoms with Gasteiger partial charge in [-0.25, -0.2) is 0 Å². The van der Waals surface area contributed by atoms with Crippen molar-refractivity contribution in [1.82, 2.24) is 0 Å². The molecular weight excluding hydrogens is 282 g/mol. The van der Waals surface area contributed by atoms with E-state index in [1.54, 1.807) is 10.9 Å². The van der Waals surface area contributed by atoms with Gasteiger partial charge in [0.05, 0.1) is 0 Å². The highest BCUT2D eigenvalue weighted by Crippen LogP contribution is 2.65. The van der Waals surface area contributed by atoms with E-state index in [9.17, 15) is 0 Å². The molecule has 2 rings (SSSR count). The summed E-state index contributed by atoms with van der Waals surface area (Å²) in [6, 6.07) is 6.76. The quantitative estimate of drug-likeness (QED) is 0.815. The van der Waals surface area contributed by atoms with Crippen molar-refractivity contribution >= 4 is 44.1 Å². The highest BCUT2D eigenvalue weighted by Gasteiger charge is 2.21. The summed E-state index contributed by atoms with van der Waals surface area (Å²) in [5, 5.41) is 5.20. The average Bonchev–Trinajstić information content (AvgIpc) is 2.37. The fourth-order valence-corrected chi connectivity index (χ4v) is 6.39. The van der Waals surface area contributed by atoms with E-state index in [-0.39, 0.29) is 7.30 Å². The summed E-state index contributed by atoms with van der Waals surface area (Å²) in [5.41, 5.74) is 2.97. The lowest BCUT2D eigenvalue weighted by Crippen LogP contribution is -2.26. The summed E-state index contributed by atoms with van der Waals surface area (Å²) >= 11 is 0. The fourth-order valence-electron chi connectivity index (χ4n) is 2.48. The molecule has 1 aliphatic heterocycles. The average molecular weight is 303 g/mol. The van der Waals surface area contributed by atoms with E-state index in [1.165, 1.54) is 24.9 Å². The normalized spacial score (nSPS) is 21.2. The Balaban J connectivity index is 2.26. The van der Waals surface area contributed by atoms with Crippen molar-refractivity contribution in [3.8, 4) is 0 Å². The number of nitrogens with one attached hydrogen (secondary N) is 1. The second kappa shape index (κ2) is 6.78. The fraction of sp³-hybridized carbons (Fsp3) is 0.500. The SMILES string of the molecule is CCCC1CNc2cccc(P(P)PP)c2C1. The van der Waals surface area contributed by atoms with Gasteiger partial charge in [0.1, 0.15) is 0 Å². The number of fused-ring (bicyclic) bond motifs is 1. The van der Waals surface area contributed by atoms with Crippen molar-refractivity contribution in [2.24, 2.45) is 5.92 Å². The largest absolute Gasteiger partial charge is 0.385 e. The maximum absolute atomic E-state index is 3.61. The van der Waals surface area contributed by atoms with Crippen LogP contribution in [0, 0.1) is 5.92 Å². The predicted octanol–water partition coefficient (Wildman–Crippen LogP) is 4.35. The molecule has 1 nitrogen and oxygen atoms in total. The molecule has 1 aromatic carbocycles. The molecule has 0 aromatic heterocycles. The third kappa shape index (κ3) is 3.39. The Morgan fingerprint density at radius 2 is 2.35 bits per heavy atom. The van der Waals surface area contributed by atoms with Crippen LogP contribution in [0.25, 0.3) is 0 Å². The van der Waals surface area contributed by atoms with Gasteiger partial charge in [0.2, 0.25) is 0 Å². The summed E-state index contributed by atoms with van der Waals surface area (Å²) in [6.07, 6.45) is 3.91. The lowest BCUT2D eigenvalue weighted by molar-refractivity contribution is 0.490. The third-order valence-electron chi connectivity index (χ3n) is 3.32. The number of anilines is 1. The lowest BCUT2D eigenvalue weighted by atomic mass is 9.91. The van der Waals surface area contributed by atoms with Gasteiger partial charge in [-0.1, -0.05) is 33.4 Å². The van der Waals surface area contributed by atoms with Crippen LogP contribution in [-0.4, -0.2) is 6.54 Å². The molecule has 0 saturated heterocycles. The van der Waals surface area contributed by atoms with Crippen LogP contribution in [0.4, 0.5) is 5.69 Å². The molecule has 17 heavy (non-hydrogen) atoms. The van der Waals surface area contributed by atoms with Crippen LogP contribution in [0.5, 0.6) is 0 Å². The summed E-state index contributed by atoms with van der Waals surface area (Å²) < 4.78 is 0. The molecule has 1 aliphatic rings. The van der Waals surface area contributed by atoms with Crippen LogP contribution in [0.15, 0.2) is 18.2 Å². The zero-order chi connectivity index (χ0) is 12.3. The van der Waals surface area contributed by atoms with Crippen LogP contribution < -0.4 is 10.6 Å². The van der Waals surface area contributed by atoms with Gasteiger partial charge in [-0.05, 0) is 43.0 Å². The molecule has 5 unspecified atom stereocenters. The summed E-state index contributed by atoms with van der Waals surface area (Å²) in [5.74, 6) is 0.829. The molecule has 0 spiro atoms. The van der Waals surface area contributed by atoms with Crippen LogP contribution in [0.1, 0.15) is 25.3 Å². The topological polar surface area (TPSA) is 12.0 Å². The first-order valence-electron chi connectivity index (χ1n) is 6.13. The Kier molecular flexibility index (Phi) is 5.64. The zero-order valence-corrected chi connectivity index (χ0v) is 14.4. The van der Waals surface area contributed by atoms with Gasteiger partial charge in [-0.3, -0.25) is 0 Å². The smallest absolute Gasteiger partial charge is 0.0379 e. The van der Waals surface area contributed by atoms with Gasteiger partial charge >= 0.3 is 0 Å². The number of benzene rings is 1. The molecule has 0 fully saturated rings. The van der Waals surface area contributed by atoms with Gasteiger partial charge in [0.25, 0.3) is 0 Å². The van der Waals surface area contributed by atoms with Crippen molar-refractivity contribution in [2.45, 2.75) is 26.2 Å². The third-order valence-corrected chi connectivity index (χ3v) is 13.5. The van der Waals surface area contributed by atoms with E-state index < -0.39 is 0 Å². The molecule has 0 aliphatic carbocycles. The molecule has 0 bridgehead atoms. The van der Waals surface area contributed by atoms with Crippen molar-refractivity contribution in [3.63, 3.8) is 0 Å². The molecule has 5 atom stereocenters. The molecule has 0 amide bonds. The van der Waals surface area contributed by atoms with E-state index in [0.717, 1.165) is 20.4 Å². The first kappa shape index (κ1) is 14.2. The molecule has 1 N–H and O–H groups in total.